The van der Waals surface area contributed by atoms with Crippen molar-refractivity contribution in [2.24, 2.45) is 18.7 Å². The molecule has 4 rings (SSSR count). The fourth-order valence-corrected chi connectivity index (χ4v) is 3.75. The molecule has 0 aliphatic heterocycles. The van der Waals surface area contributed by atoms with Crippen LogP contribution in [-0.2, 0) is 7.05 Å². The van der Waals surface area contributed by atoms with Gasteiger partial charge < -0.3 is 11.1 Å². The second kappa shape index (κ2) is 8.69. The monoisotopic (exact) mass is 435 g/mol. The van der Waals surface area contributed by atoms with Crippen molar-refractivity contribution in [3.8, 4) is 11.3 Å². The molecular formula is C21H27Cl2N5O. The van der Waals surface area contributed by atoms with Gasteiger partial charge in [0, 0.05) is 19.2 Å². The van der Waals surface area contributed by atoms with E-state index in [4.69, 9.17) is 10.7 Å². The first-order valence-corrected chi connectivity index (χ1v) is 9.35. The van der Waals surface area contributed by atoms with E-state index in [1.165, 1.54) is 0 Å². The van der Waals surface area contributed by atoms with Crippen molar-refractivity contribution >= 4 is 41.8 Å². The number of aryl methyl sites for hydroxylation is 2. The van der Waals surface area contributed by atoms with Crippen LogP contribution in [0.2, 0.25) is 0 Å². The number of hydrogen-bond donors (Lipinski definition) is 2. The van der Waals surface area contributed by atoms with Crippen LogP contribution in [0.15, 0.2) is 36.4 Å². The number of halogens is 2. The molecule has 1 unspecified atom stereocenters. The number of carbonyl (C=O) groups is 1. The maximum atomic E-state index is 13.3. The maximum Gasteiger partial charge on any atom is 0.252 e. The van der Waals surface area contributed by atoms with Crippen LogP contribution in [0.3, 0.4) is 0 Å². The lowest BCUT2D eigenvalue weighted by Crippen LogP contribution is -2.53. The molecule has 0 bridgehead atoms. The number of rotatable bonds is 5. The van der Waals surface area contributed by atoms with E-state index in [1.807, 2.05) is 57.3 Å². The number of fused-ring (bicyclic) bond motifs is 1. The van der Waals surface area contributed by atoms with Crippen molar-refractivity contribution in [1.29, 1.82) is 0 Å². The van der Waals surface area contributed by atoms with Crippen LogP contribution < -0.4 is 11.1 Å². The molecule has 1 atom stereocenters. The summed E-state index contributed by atoms with van der Waals surface area (Å²) in [5, 5.41) is 8.48. The molecule has 8 heteroatoms. The number of nitrogens with zero attached hydrogens (tertiary/aromatic N) is 3. The van der Waals surface area contributed by atoms with E-state index in [2.05, 4.69) is 10.4 Å². The first-order chi connectivity index (χ1) is 12.9. The number of amides is 1. The minimum atomic E-state index is -0.379. The topological polar surface area (TPSA) is 85.8 Å². The lowest BCUT2D eigenvalue weighted by Gasteiger charge is -2.29. The third kappa shape index (κ3) is 4.25. The summed E-state index contributed by atoms with van der Waals surface area (Å²) in [5.41, 5.74) is 9.46. The number of hydrogen-bond acceptors (Lipinski definition) is 4. The van der Waals surface area contributed by atoms with E-state index in [0.29, 0.717) is 23.7 Å². The Labute approximate surface area is 183 Å². The summed E-state index contributed by atoms with van der Waals surface area (Å²) < 4.78 is 1.73. The van der Waals surface area contributed by atoms with Gasteiger partial charge in [0.2, 0.25) is 0 Å². The number of benzene rings is 1. The van der Waals surface area contributed by atoms with E-state index in [1.54, 1.807) is 4.68 Å². The molecule has 1 amide bonds. The summed E-state index contributed by atoms with van der Waals surface area (Å²) in [7, 11) is 1.85. The average molecular weight is 436 g/mol. The Bertz CT molecular complexity index is 1020. The highest BCUT2D eigenvalue weighted by atomic mass is 35.5. The van der Waals surface area contributed by atoms with Gasteiger partial charge in [0.15, 0.2) is 5.65 Å². The molecular weight excluding hydrogens is 409 g/mol. The largest absolute Gasteiger partial charge is 0.345 e. The number of carbonyl (C=O) groups excluding carboxylic acids is 1. The second-order valence-corrected chi connectivity index (χ2v) is 7.68. The molecule has 6 nitrogen and oxygen atoms in total. The van der Waals surface area contributed by atoms with Gasteiger partial charge in [-0.05, 0) is 38.7 Å². The van der Waals surface area contributed by atoms with Gasteiger partial charge in [-0.3, -0.25) is 9.48 Å². The SMILES string of the molecule is Cc1nn(C)c2nc(-c3ccccc3)cc(C(=O)NC(C)(CN)C3CC3)c12.Cl.Cl. The number of nitrogens with two attached hydrogens (primary N) is 1. The van der Waals surface area contributed by atoms with Crippen LogP contribution in [0.25, 0.3) is 22.3 Å². The molecule has 1 saturated carbocycles. The molecule has 1 aromatic carbocycles. The third-order valence-electron chi connectivity index (χ3n) is 5.58. The summed E-state index contributed by atoms with van der Waals surface area (Å²) >= 11 is 0. The first kappa shape index (κ1) is 23.1. The van der Waals surface area contributed by atoms with Gasteiger partial charge in [-0.15, -0.1) is 24.8 Å². The summed E-state index contributed by atoms with van der Waals surface area (Å²) in [6, 6.07) is 11.8. The third-order valence-corrected chi connectivity index (χ3v) is 5.58. The Morgan fingerprint density at radius 3 is 2.52 bits per heavy atom. The predicted octanol–water partition coefficient (Wildman–Crippen LogP) is 3.64. The Balaban J connectivity index is 0.00000150. The van der Waals surface area contributed by atoms with Gasteiger partial charge in [-0.25, -0.2) is 4.98 Å². The molecule has 3 N–H and O–H groups in total. The zero-order chi connectivity index (χ0) is 19.2. The summed E-state index contributed by atoms with van der Waals surface area (Å²) in [5.74, 6) is 0.336. The second-order valence-electron chi connectivity index (χ2n) is 7.68. The van der Waals surface area contributed by atoms with E-state index >= 15 is 0 Å². The average Bonchev–Trinajstić information content (AvgIpc) is 3.49. The molecule has 0 saturated heterocycles. The van der Waals surface area contributed by atoms with Gasteiger partial charge in [0.05, 0.1) is 27.9 Å². The Morgan fingerprint density at radius 1 is 1.28 bits per heavy atom. The van der Waals surface area contributed by atoms with E-state index < -0.39 is 0 Å². The lowest BCUT2D eigenvalue weighted by atomic mass is 9.95. The number of nitrogens with one attached hydrogen (secondary N) is 1. The number of pyridine rings is 1. The van der Waals surface area contributed by atoms with E-state index in [0.717, 1.165) is 35.2 Å². The van der Waals surface area contributed by atoms with Crippen molar-refractivity contribution in [1.82, 2.24) is 20.1 Å². The molecule has 1 aliphatic carbocycles. The van der Waals surface area contributed by atoms with Gasteiger partial charge in [-0.2, -0.15) is 5.10 Å². The van der Waals surface area contributed by atoms with Gasteiger partial charge >= 0.3 is 0 Å². The van der Waals surface area contributed by atoms with Crippen LogP contribution in [0.1, 0.15) is 35.8 Å². The fraction of sp³-hybridized carbons (Fsp3) is 0.381. The summed E-state index contributed by atoms with van der Waals surface area (Å²) in [6.07, 6.45) is 2.22. The van der Waals surface area contributed by atoms with Crippen LogP contribution in [0.4, 0.5) is 0 Å². The standard InChI is InChI=1S/C21H25N5O.2ClH/c1-13-18-16(20(27)24-21(2,12-22)15-9-10-15)11-17(14-7-5-4-6-8-14)23-19(18)26(3)25-13;;/h4-8,11,15H,9-10,12,22H2,1-3H3,(H,24,27);2*1H. The summed E-state index contributed by atoms with van der Waals surface area (Å²) in [6.45, 7) is 4.37. The van der Waals surface area contributed by atoms with Crippen LogP contribution in [0.5, 0.6) is 0 Å². The van der Waals surface area contributed by atoms with E-state index in [9.17, 15) is 4.79 Å². The molecule has 1 fully saturated rings. The minimum Gasteiger partial charge on any atom is -0.345 e. The first-order valence-electron chi connectivity index (χ1n) is 9.35. The maximum absolute atomic E-state index is 13.3. The fourth-order valence-electron chi connectivity index (χ4n) is 3.75. The van der Waals surface area contributed by atoms with Crippen molar-refractivity contribution in [3.63, 3.8) is 0 Å². The highest BCUT2D eigenvalue weighted by Crippen LogP contribution is 2.39. The van der Waals surface area contributed by atoms with E-state index in [-0.39, 0.29) is 36.3 Å². The quantitative estimate of drug-likeness (QED) is 0.640. The summed E-state index contributed by atoms with van der Waals surface area (Å²) in [4.78, 5) is 18.0. The molecule has 0 spiro atoms. The normalized spacial score (nSPS) is 15.2. The Morgan fingerprint density at radius 2 is 1.93 bits per heavy atom. The molecule has 2 heterocycles. The molecule has 3 aromatic rings. The molecule has 2 aromatic heterocycles. The highest BCUT2D eigenvalue weighted by molar-refractivity contribution is 6.07. The van der Waals surface area contributed by atoms with Gasteiger partial charge in [0.1, 0.15) is 0 Å². The molecule has 0 radical (unpaired) electrons. The highest BCUT2D eigenvalue weighted by Gasteiger charge is 2.42. The zero-order valence-corrected chi connectivity index (χ0v) is 18.4. The Hall–Kier alpha value is -2.15. The van der Waals surface area contributed by atoms with Gasteiger partial charge in [-0.1, -0.05) is 30.3 Å². The smallest absolute Gasteiger partial charge is 0.252 e. The Kier molecular flexibility index (Phi) is 6.93. The lowest BCUT2D eigenvalue weighted by molar-refractivity contribution is 0.0899. The van der Waals surface area contributed by atoms with Crippen LogP contribution in [0, 0.1) is 12.8 Å². The van der Waals surface area contributed by atoms with Crippen molar-refractivity contribution in [2.45, 2.75) is 32.2 Å². The van der Waals surface area contributed by atoms with Crippen molar-refractivity contribution in [2.75, 3.05) is 6.54 Å². The van der Waals surface area contributed by atoms with Crippen LogP contribution >= 0.6 is 24.8 Å². The predicted molar refractivity (Wildman–Crippen MR) is 121 cm³/mol. The minimum absolute atomic E-state index is 0. The van der Waals surface area contributed by atoms with Crippen molar-refractivity contribution < 1.29 is 4.79 Å². The zero-order valence-electron chi connectivity index (χ0n) is 16.8. The molecule has 156 valence electrons. The molecule has 29 heavy (non-hydrogen) atoms. The van der Waals surface area contributed by atoms with Crippen LogP contribution in [-0.4, -0.2) is 32.8 Å². The number of aromatic nitrogens is 3. The molecule has 1 aliphatic rings. The van der Waals surface area contributed by atoms with Crippen molar-refractivity contribution in [3.05, 3.63) is 47.7 Å². The van der Waals surface area contributed by atoms with Gasteiger partial charge in [0.25, 0.3) is 5.91 Å².